The van der Waals surface area contributed by atoms with Crippen LogP contribution in [0.2, 0.25) is 0 Å². The van der Waals surface area contributed by atoms with Crippen molar-refractivity contribution in [3.63, 3.8) is 0 Å². The fraction of sp³-hybridized carbons (Fsp3) is 0.667. The predicted molar refractivity (Wildman–Crippen MR) is 79.6 cm³/mol. The molecule has 5 heteroatoms. The largest absolute Gasteiger partial charge is 0.459 e. The Morgan fingerprint density at radius 2 is 1.85 bits per heavy atom. The molecule has 1 rings (SSSR count). The second-order valence-corrected chi connectivity index (χ2v) is 6.32. The van der Waals surface area contributed by atoms with Crippen LogP contribution in [0.15, 0.2) is 12.4 Å². The lowest BCUT2D eigenvalue weighted by Gasteiger charge is -2.23. The topological polar surface area (TPSA) is 64.1 Å². The van der Waals surface area contributed by atoms with Gasteiger partial charge in [0.1, 0.15) is 11.4 Å². The highest BCUT2D eigenvalue weighted by Crippen LogP contribution is 2.23. The third-order valence-electron chi connectivity index (χ3n) is 2.57. The fourth-order valence-corrected chi connectivity index (χ4v) is 1.60. The van der Waals surface area contributed by atoms with Crippen molar-refractivity contribution in [2.24, 2.45) is 5.92 Å². The molecule has 0 aliphatic carbocycles. The van der Waals surface area contributed by atoms with Crippen LogP contribution < -0.4 is 5.32 Å². The Bertz CT molecular complexity index is 453. The van der Waals surface area contributed by atoms with Crippen LogP contribution in [0.5, 0.6) is 0 Å². The van der Waals surface area contributed by atoms with Gasteiger partial charge in [-0.25, -0.2) is 4.98 Å². The highest BCUT2D eigenvalue weighted by molar-refractivity contribution is 5.79. The highest BCUT2D eigenvalue weighted by Gasteiger charge is 2.26. The zero-order chi connectivity index (χ0) is 15.3. The van der Waals surface area contributed by atoms with Crippen LogP contribution >= 0.6 is 0 Å². The van der Waals surface area contributed by atoms with Gasteiger partial charge in [-0.05, 0) is 33.6 Å². The number of nitrogens with zero attached hydrogens (tertiary/aromatic N) is 2. The summed E-state index contributed by atoms with van der Waals surface area (Å²) < 4.78 is 5.40. The molecule has 1 atom stereocenters. The van der Waals surface area contributed by atoms with Crippen LogP contribution in [0, 0.1) is 5.92 Å². The first kappa shape index (κ1) is 16.4. The van der Waals surface area contributed by atoms with Crippen molar-refractivity contribution in [1.29, 1.82) is 0 Å². The molecular weight excluding hydrogens is 254 g/mol. The highest BCUT2D eigenvalue weighted by atomic mass is 16.6. The Morgan fingerprint density at radius 3 is 2.40 bits per heavy atom. The van der Waals surface area contributed by atoms with Gasteiger partial charge in [-0.2, -0.15) is 0 Å². The Labute approximate surface area is 121 Å². The van der Waals surface area contributed by atoms with Gasteiger partial charge in [0.2, 0.25) is 0 Å². The molecule has 0 bridgehead atoms. The van der Waals surface area contributed by atoms with E-state index in [9.17, 15) is 4.79 Å². The van der Waals surface area contributed by atoms with E-state index >= 15 is 0 Å². The summed E-state index contributed by atoms with van der Waals surface area (Å²) in [6.45, 7) is 12.4. The maximum Gasteiger partial charge on any atom is 0.315 e. The molecule has 0 spiro atoms. The predicted octanol–water partition coefficient (Wildman–Crippen LogP) is 2.99. The molecular formula is C15H25N3O2. The molecule has 20 heavy (non-hydrogen) atoms. The SMILES string of the molecule is CC(C)CNc1nccnc1C(C)C(=O)OC(C)(C)C. The van der Waals surface area contributed by atoms with E-state index in [4.69, 9.17) is 4.74 Å². The molecule has 1 heterocycles. The summed E-state index contributed by atoms with van der Waals surface area (Å²) in [5.41, 5.74) is 0.126. The lowest BCUT2D eigenvalue weighted by atomic mass is 10.1. The summed E-state index contributed by atoms with van der Waals surface area (Å²) in [5, 5.41) is 3.23. The minimum Gasteiger partial charge on any atom is -0.459 e. The molecule has 112 valence electrons. The first-order valence-electron chi connectivity index (χ1n) is 6.98. The van der Waals surface area contributed by atoms with Gasteiger partial charge < -0.3 is 10.1 Å². The van der Waals surface area contributed by atoms with Crippen molar-refractivity contribution in [3.05, 3.63) is 18.1 Å². The van der Waals surface area contributed by atoms with E-state index in [1.54, 1.807) is 19.3 Å². The molecule has 1 aromatic heterocycles. The van der Waals surface area contributed by atoms with Crippen molar-refractivity contribution in [2.45, 2.75) is 53.1 Å². The van der Waals surface area contributed by atoms with Gasteiger partial charge in [-0.3, -0.25) is 9.78 Å². The smallest absolute Gasteiger partial charge is 0.315 e. The Morgan fingerprint density at radius 1 is 1.25 bits per heavy atom. The molecule has 0 aromatic carbocycles. The molecule has 0 saturated carbocycles. The molecule has 1 N–H and O–H groups in total. The molecule has 0 saturated heterocycles. The van der Waals surface area contributed by atoms with Gasteiger partial charge in [0.15, 0.2) is 0 Å². The summed E-state index contributed by atoms with van der Waals surface area (Å²) in [6, 6.07) is 0. The standard InChI is InChI=1S/C15H25N3O2/c1-10(2)9-18-13-12(16-7-8-17-13)11(3)14(19)20-15(4,5)6/h7-8,10-11H,9H2,1-6H3,(H,17,18). The summed E-state index contributed by atoms with van der Waals surface area (Å²) in [7, 11) is 0. The second-order valence-electron chi connectivity index (χ2n) is 6.32. The van der Waals surface area contributed by atoms with Gasteiger partial charge >= 0.3 is 5.97 Å². The monoisotopic (exact) mass is 279 g/mol. The van der Waals surface area contributed by atoms with Crippen LogP contribution in [-0.4, -0.2) is 28.1 Å². The van der Waals surface area contributed by atoms with Crippen molar-refractivity contribution in [2.75, 3.05) is 11.9 Å². The lowest BCUT2D eigenvalue weighted by Crippen LogP contribution is -2.27. The van der Waals surface area contributed by atoms with Gasteiger partial charge in [-0.15, -0.1) is 0 Å². The molecule has 0 fully saturated rings. The Hall–Kier alpha value is -1.65. The quantitative estimate of drug-likeness (QED) is 0.839. The normalized spacial score (nSPS) is 13.2. The lowest BCUT2D eigenvalue weighted by molar-refractivity contribution is -0.156. The number of carbonyl (C=O) groups excluding carboxylic acids is 1. The molecule has 5 nitrogen and oxygen atoms in total. The van der Waals surface area contributed by atoms with Crippen LogP contribution in [-0.2, 0) is 9.53 Å². The van der Waals surface area contributed by atoms with Crippen LogP contribution in [0.1, 0.15) is 53.2 Å². The number of rotatable bonds is 5. The molecule has 0 amide bonds. The number of nitrogens with one attached hydrogen (secondary N) is 1. The van der Waals surface area contributed by atoms with E-state index < -0.39 is 11.5 Å². The number of aromatic nitrogens is 2. The van der Waals surface area contributed by atoms with E-state index in [0.717, 1.165) is 6.54 Å². The van der Waals surface area contributed by atoms with E-state index in [-0.39, 0.29) is 5.97 Å². The third kappa shape index (κ3) is 5.15. The Kier molecular flexibility index (Phi) is 5.48. The summed E-state index contributed by atoms with van der Waals surface area (Å²) in [4.78, 5) is 20.7. The summed E-state index contributed by atoms with van der Waals surface area (Å²) >= 11 is 0. The molecule has 1 unspecified atom stereocenters. The van der Waals surface area contributed by atoms with E-state index in [1.807, 2.05) is 20.8 Å². The zero-order valence-electron chi connectivity index (χ0n) is 13.2. The maximum absolute atomic E-state index is 12.1. The van der Waals surface area contributed by atoms with E-state index in [2.05, 4.69) is 29.1 Å². The molecule has 0 radical (unpaired) electrons. The fourth-order valence-electron chi connectivity index (χ4n) is 1.60. The number of anilines is 1. The van der Waals surface area contributed by atoms with Crippen molar-refractivity contribution in [3.8, 4) is 0 Å². The van der Waals surface area contributed by atoms with Gasteiger partial charge in [0.05, 0.1) is 11.6 Å². The first-order valence-corrected chi connectivity index (χ1v) is 6.98. The zero-order valence-corrected chi connectivity index (χ0v) is 13.2. The second kappa shape index (κ2) is 6.68. The Balaban J connectivity index is 2.86. The summed E-state index contributed by atoms with van der Waals surface area (Å²) in [5.74, 6) is 0.407. The van der Waals surface area contributed by atoms with Crippen LogP contribution in [0.4, 0.5) is 5.82 Å². The van der Waals surface area contributed by atoms with E-state index in [1.165, 1.54) is 0 Å². The number of hydrogen-bond acceptors (Lipinski definition) is 5. The summed E-state index contributed by atoms with van der Waals surface area (Å²) in [6.07, 6.45) is 3.21. The van der Waals surface area contributed by atoms with Gasteiger partial charge in [-0.1, -0.05) is 13.8 Å². The minimum absolute atomic E-state index is 0.286. The number of ether oxygens (including phenoxy) is 1. The first-order chi connectivity index (χ1) is 9.20. The van der Waals surface area contributed by atoms with Crippen molar-refractivity contribution >= 4 is 11.8 Å². The van der Waals surface area contributed by atoms with Gasteiger partial charge in [0.25, 0.3) is 0 Å². The maximum atomic E-state index is 12.1. The van der Waals surface area contributed by atoms with Crippen molar-refractivity contribution in [1.82, 2.24) is 9.97 Å². The van der Waals surface area contributed by atoms with Gasteiger partial charge in [0, 0.05) is 18.9 Å². The van der Waals surface area contributed by atoms with Crippen LogP contribution in [0.3, 0.4) is 0 Å². The van der Waals surface area contributed by atoms with E-state index in [0.29, 0.717) is 17.4 Å². The molecule has 1 aromatic rings. The van der Waals surface area contributed by atoms with Crippen LogP contribution in [0.25, 0.3) is 0 Å². The number of esters is 1. The third-order valence-corrected chi connectivity index (χ3v) is 2.57. The van der Waals surface area contributed by atoms with Crippen molar-refractivity contribution < 1.29 is 9.53 Å². The average Bonchev–Trinajstić information content (AvgIpc) is 2.33. The number of hydrogen-bond donors (Lipinski definition) is 1. The molecule has 0 aliphatic heterocycles. The average molecular weight is 279 g/mol. The minimum atomic E-state index is -0.501. The molecule has 0 aliphatic rings. The number of carbonyl (C=O) groups is 1.